The van der Waals surface area contributed by atoms with E-state index in [0.29, 0.717) is 5.94 Å². The van der Waals surface area contributed by atoms with Gasteiger partial charge in [-0.15, -0.1) is 0 Å². The first-order chi connectivity index (χ1) is 12.7. The van der Waals surface area contributed by atoms with Gasteiger partial charge in [0.2, 0.25) is 0 Å². The third kappa shape index (κ3) is 6.57. The summed E-state index contributed by atoms with van der Waals surface area (Å²) in [6, 6.07) is 6.72. The maximum atomic E-state index is 5.56. The van der Waals surface area contributed by atoms with Gasteiger partial charge in [0.15, 0.2) is 0 Å². The summed E-state index contributed by atoms with van der Waals surface area (Å²) < 4.78 is 0. The molecule has 1 aliphatic rings. The van der Waals surface area contributed by atoms with Crippen molar-refractivity contribution >= 4 is 13.4 Å². The molecule has 3 unspecified atom stereocenters. The van der Waals surface area contributed by atoms with Crippen molar-refractivity contribution in [2.45, 2.75) is 51.8 Å². The minimum atomic E-state index is 0.556. The highest BCUT2D eigenvalue weighted by atomic mass is 14.9. The van der Waals surface area contributed by atoms with Crippen molar-refractivity contribution in [1.29, 1.82) is 0 Å². The summed E-state index contributed by atoms with van der Waals surface area (Å²) in [7, 11) is 3.23. The normalized spacial score (nSPS) is 21.4. The van der Waals surface area contributed by atoms with Gasteiger partial charge in [0, 0.05) is 13.1 Å². The molecule has 0 aromatic heterocycles. The zero-order valence-corrected chi connectivity index (χ0v) is 17.1. The molecule has 26 heavy (non-hydrogen) atoms. The van der Waals surface area contributed by atoms with Crippen LogP contribution >= 0.6 is 0 Å². The lowest BCUT2D eigenvalue weighted by molar-refractivity contribution is 0.463. The minimum Gasteiger partial charge on any atom is -0.329 e. The van der Waals surface area contributed by atoms with Crippen molar-refractivity contribution in [1.82, 2.24) is 10.6 Å². The first-order valence-electron chi connectivity index (χ1n) is 10.5. The second-order valence-electron chi connectivity index (χ2n) is 7.92. The molecule has 0 spiro atoms. The molecule has 3 atom stereocenters. The molecular weight excluding hydrogens is 317 g/mol. The molecule has 0 aliphatic heterocycles. The Balaban J connectivity index is 1.90. The van der Waals surface area contributed by atoms with Crippen LogP contribution in [-0.4, -0.2) is 39.9 Å². The van der Waals surface area contributed by atoms with Gasteiger partial charge in [-0.3, -0.25) is 0 Å². The van der Waals surface area contributed by atoms with E-state index in [9.17, 15) is 0 Å². The molecule has 1 saturated carbocycles. The number of hydrogen-bond donors (Lipinski definition) is 3. The van der Waals surface area contributed by atoms with Crippen LogP contribution in [0.25, 0.3) is 6.08 Å². The van der Waals surface area contributed by atoms with Gasteiger partial charge in [0.25, 0.3) is 0 Å². The lowest BCUT2D eigenvalue weighted by atomic mass is 9.69. The van der Waals surface area contributed by atoms with Crippen LogP contribution in [0.3, 0.4) is 0 Å². The van der Waals surface area contributed by atoms with Gasteiger partial charge in [0.1, 0.15) is 7.28 Å². The Morgan fingerprint density at radius 2 is 2.12 bits per heavy atom. The summed E-state index contributed by atoms with van der Waals surface area (Å²) in [5, 5.41) is 6.91. The van der Waals surface area contributed by atoms with E-state index < -0.39 is 0 Å². The molecule has 1 aliphatic carbocycles. The van der Waals surface area contributed by atoms with Gasteiger partial charge in [0.05, 0.1) is 0 Å². The average Bonchev–Trinajstić information content (AvgIpc) is 3.09. The molecule has 0 heterocycles. The number of aryl methyl sites for hydroxylation is 1. The van der Waals surface area contributed by atoms with E-state index in [-0.39, 0.29) is 0 Å². The van der Waals surface area contributed by atoms with Crippen molar-refractivity contribution in [3.05, 3.63) is 41.0 Å². The summed E-state index contributed by atoms with van der Waals surface area (Å²) in [5.41, 5.74) is 9.85. The molecule has 4 N–H and O–H groups in total. The van der Waals surface area contributed by atoms with Crippen molar-refractivity contribution < 1.29 is 0 Å². The predicted octanol–water partition coefficient (Wildman–Crippen LogP) is 2.94. The van der Waals surface area contributed by atoms with Crippen molar-refractivity contribution in [3.63, 3.8) is 0 Å². The standard InChI is InChI=1S/C22H38BN3/c1-17-6-4-8-20(15-22(23-2)25-3)21(17)9-5-7-18-10-11-19(14-18)16-26-13-12-24/h4-6,8-9,18-19,22-23,25-26H,7,10-16,24H2,1-3H3/b9-5+. The fourth-order valence-electron chi connectivity index (χ4n) is 4.24. The van der Waals surface area contributed by atoms with Crippen molar-refractivity contribution in [2.24, 2.45) is 17.6 Å². The van der Waals surface area contributed by atoms with Crippen LogP contribution in [0.5, 0.6) is 0 Å². The monoisotopic (exact) mass is 355 g/mol. The van der Waals surface area contributed by atoms with Crippen LogP contribution in [-0.2, 0) is 6.42 Å². The number of allylic oxidation sites excluding steroid dienone is 1. The van der Waals surface area contributed by atoms with E-state index >= 15 is 0 Å². The molecule has 0 amide bonds. The largest absolute Gasteiger partial charge is 0.329 e. The summed E-state index contributed by atoms with van der Waals surface area (Å²) in [5.74, 6) is 2.25. The number of nitrogens with two attached hydrogens (primary N) is 1. The number of likely N-dealkylation sites (N-methyl/N-ethyl adjacent to an activating group) is 1. The molecule has 0 bridgehead atoms. The molecular formula is C22H38BN3. The maximum Gasteiger partial charge on any atom is 0.139 e. The average molecular weight is 355 g/mol. The van der Waals surface area contributed by atoms with E-state index in [0.717, 1.165) is 45.2 Å². The topological polar surface area (TPSA) is 50.1 Å². The molecule has 144 valence electrons. The summed E-state index contributed by atoms with van der Waals surface area (Å²) >= 11 is 0. The zero-order valence-electron chi connectivity index (χ0n) is 17.1. The van der Waals surface area contributed by atoms with E-state index in [1.165, 1.54) is 42.4 Å². The van der Waals surface area contributed by atoms with Gasteiger partial charge >= 0.3 is 0 Å². The van der Waals surface area contributed by atoms with Gasteiger partial charge in [-0.1, -0.05) is 37.2 Å². The van der Waals surface area contributed by atoms with Crippen LogP contribution in [0, 0.1) is 18.8 Å². The number of benzene rings is 1. The van der Waals surface area contributed by atoms with E-state index in [4.69, 9.17) is 5.73 Å². The second kappa shape index (κ2) is 11.6. The summed E-state index contributed by atoms with van der Waals surface area (Å²) in [4.78, 5) is 0. The number of rotatable bonds is 11. The molecule has 2 rings (SSSR count). The Hall–Kier alpha value is -1.10. The zero-order chi connectivity index (χ0) is 18.8. The van der Waals surface area contributed by atoms with Gasteiger partial charge < -0.3 is 16.4 Å². The Bertz CT molecular complexity index is 554. The van der Waals surface area contributed by atoms with Gasteiger partial charge in [-0.05, 0) is 87.1 Å². The highest BCUT2D eigenvalue weighted by Crippen LogP contribution is 2.33. The lowest BCUT2D eigenvalue weighted by Gasteiger charge is -2.16. The van der Waals surface area contributed by atoms with Gasteiger partial charge in [-0.2, -0.15) is 0 Å². The van der Waals surface area contributed by atoms with E-state index in [2.05, 4.69) is 61.8 Å². The van der Waals surface area contributed by atoms with Crippen LogP contribution in [0.1, 0.15) is 42.4 Å². The molecule has 3 nitrogen and oxygen atoms in total. The Kier molecular flexibility index (Phi) is 9.45. The molecule has 1 aromatic rings. The first-order valence-corrected chi connectivity index (χ1v) is 10.5. The van der Waals surface area contributed by atoms with Crippen LogP contribution in [0.2, 0.25) is 6.82 Å². The second-order valence-corrected chi connectivity index (χ2v) is 7.92. The highest BCUT2D eigenvalue weighted by molar-refractivity contribution is 6.35. The predicted molar refractivity (Wildman–Crippen MR) is 117 cm³/mol. The van der Waals surface area contributed by atoms with Crippen LogP contribution in [0.4, 0.5) is 0 Å². The summed E-state index contributed by atoms with van der Waals surface area (Å²) in [6.45, 7) is 7.32. The first kappa shape index (κ1) is 21.2. The summed E-state index contributed by atoms with van der Waals surface area (Å²) in [6.07, 6.45) is 11.2. The minimum absolute atomic E-state index is 0.556. The highest BCUT2D eigenvalue weighted by Gasteiger charge is 2.23. The molecule has 4 heteroatoms. The van der Waals surface area contributed by atoms with Crippen molar-refractivity contribution in [3.8, 4) is 0 Å². The molecule has 0 radical (unpaired) electrons. The molecule has 1 aromatic carbocycles. The van der Waals surface area contributed by atoms with E-state index in [1.54, 1.807) is 0 Å². The Morgan fingerprint density at radius 3 is 2.85 bits per heavy atom. The van der Waals surface area contributed by atoms with Crippen molar-refractivity contribution in [2.75, 3.05) is 26.7 Å². The smallest absolute Gasteiger partial charge is 0.139 e. The lowest BCUT2D eigenvalue weighted by Crippen LogP contribution is -2.32. The third-order valence-corrected chi connectivity index (χ3v) is 5.94. The molecule has 1 fully saturated rings. The SMILES string of the molecule is CBC(Cc1cccc(C)c1/C=C/CC1CCC(CNCCN)C1)NC. The number of hydrogen-bond acceptors (Lipinski definition) is 3. The number of nitrogens with one attached hydrogen (secondary N) is 2. The fourth-order valence-corrected chi connectivity index (χ4v) is 4.24. The third-order valence-electron chi connectivity index (χ3n) is 5.94. The van der Waals surface area contributed by atoms with E-state index in [1.807, 2.05) is 0 Å². The van der Waals surface area contributed by atoms with Crippen LogP contribution in [0.15, 0.2) is 24.3 Å². The quantitative estimate of drug-likeness (QED) is 0.423. The van der Waals surface area contributed by atoms with Crippen LogP contribution < -0.4 is 16.4 Å². The Labute approximate surface area is 161 Å². The maximum absolute atomic E-state index is 5.56. The molecule has 0 saturated heterocycles. The van der Waals surface area contributed by atoms with Gasteiger partial charge in [-0.25, -0.2) is 0 Å². The fraction of sp³-hybridized carbons (Fsp3) is 0.636. The Morgan fingerprint density at radius 1 is 1.31 bits per heavy atom.